The van der Waals surface area contributed by atoms with Crippen molar-refractivity contribution in [3.05, 3.63) is 0 Å². The van der Waals surface area contributed by atoms with E-state index in [2.05, 4.69) is 12.2 Å². The van der Waals surface area contributed by atoms with E-state index in [0.717, 1.165) is 32.5 Å². The first-order valence-electron chi connectivity index (χ1n) is 3.76. The van der Waals surface area contributed by atoms with E-state index < -0.39 is 0 Å². The minimum absolute atomic E-state index is 0. The molecular weight excluding hydrogens is 114 g/mol. The summed E-state index contributed by atoms with van der Waals surface area (Å²) in [5, 5.41) is 3.32. The summed E-state index contributed by atoms with van der Waals surface area (Å²) in [4.78, 5) is 0. The van der Waals surface area contributed by atoms with Gasteiger partial charge < -0.3 is 10.1 Å². The lowest BCUT2D eigenvalue weighted by molar-refractivity contribution is 0.0647. The Labute approximate surface area is 58.1 Å². The topological polar surface area (TPSA) is 21.3 Å². The molecule has 1 aliphatic rings. The molecule has 0 aromatic rings. The van der Waals surface area contributed by atoms with Gasteiger partial charge in [0.1, 0.15) is 0 Å². The van der Waals surface area contributed by atoms with Crippen molar-refractivity contribution in [2.45, 2.75) is 25.9 Å². The van der Waals surface area contributed by atoms with Crippen LogP contribution in [0.15, 0.2) is 0 Å². The van der Waals surface area contributed by atoms with Crippen molar-refractivity contribution < 1.29 is 6.16 Å². The second-order valence-corrected chi connectivity index (χ2v) is 2.46. The van der Waals surface area contributed by atoms with Gasteiger partial charge in [-0.3, -0.25) is 0 Å². The molecule has 0 radical (unpaired) electrons. The maximum absolute atomic E-state index is 5.49. The van der Waals surface area contributed by atoms with Crippen LogP contribution in [0.25, 0.3) is 0 Å². The molecule has 1 unspecified atom stereocenters. The van der Waals surface area contributed by atoms with Gasteiger partial charge in [0, 0.05) is 14.6 Å². The predicted molar refractivity (Wildman–Crippen MR) is 39.6 cm³/mol. The summed E-state index contributed by atoms with van der Waals surface area (Å²) in [5.74, 6) is 0. The first-order valence-corrected chi connectivity index (χ1v) is 3.76. The lowest BCUT2D eigenvalue weighted by Crippen LogP contribution is -2.25. The lowest BCUT2D eigenvalue weighted by atomic mass is 10.3. The van der Waals surface area contributed by atoms with E-state index in [9.17, 15) is 0 Å². The Balaban J connectivity index is 0.000000810. The van der Waals surface area contributed by atoms with Crippen LogP contribution >= 0.6 is 0 Å². The van der Waals surface area contributed by atoms with Gasteiger partial charge in [0.15, 0.2) is 0 Å². The zero-order valence-electron chi connectivity index (χ0n) is 6.02. The monoisotopic (exact) mass is 131 g/mol. The first-order chi connectivity index (χ1) is 4.43. The third-order valence-electron chi connectivity index (χ3n) is 1.68. The third-order valence-corrected chi connectivity index (χ3v) is 1.68. The summed E-state index contributed by atoms with van der Waals surface area (Å²) in [5.41, 5.74) is 0. The molecule has 2 nitrogen and oxygen atoms in total. The quantitative estimate of drug-likeness (QED) is 0.573. The van der Waals surface area contributed by atoms with Crippen LogP contribution in [0, 0.1) is 0 Å². The van der Waals surface area contributed by atoms with Crippen molar-refractivity contribution >= 4 is 0 Å². The molecule has 1 aliphatic heterocycles. The fraction of sp³-hybridized carbons (Fsp3) is 1.00. The molecule has 0 saturated carbocycles. The number of ether oxygens (including phenoxy) is 1. The van der Waals surface area contributed by atoms with Gasteiger partial charge in [-0.25, -0.2) is 0 Å². The highest BCUT2D eigenvalue weighted by atomic mass is 16.5. The lowest BCUT2D eigenvalue weighted by Gasteiger charge is -2.10. The van der Waals surface area contributed by atoms with Gasteiger partial charge in [-0.2, -0.15) is 0 Å². The normalized spacial score (nSPS) is 29.7. The average molecular weight is 131 g/mol. The highest BCUT2D eigenvalue weighted by molar-refractivity contribution is 4.62. The van der Waals surface area contributed by atoms with Gasteiger partial charge in [0.05, 0.1) is 6.10 Å². The molecule has 0 spiro atoms. The summed E-state index contributed by atoms with van der Waals surface area (Å²) >= 11 is 0. The molecule has 9 heavy (non-hydrogen) atoms. The van der Waals surface area contributed by atoms with Crippen molar-refractivity contribution in [3.8, 4) is 0 Å². The zero-order valence-corrected chi connectivity index (χ0v) is 6.02. The largest absolute Gasteiger partial charge is 0.377 e. The Bertz CT molecular complexity index is 72.0. The van der Waals surface area contributed by atoms with Crippen LogP contribution in [0.5, 0.6) is 0 Å². The van der Waals surface area contributed by atoms with E-state index in [4.69, 9.17) is 4.74 Å². The Hall–Kier alpha value is -0.0800. The molecule has 0 aromatic heterocycles. The maximum Gasteiger partial charge on any atom is 0.0696 e. The van der Waals surface area contributed by atoms with Crippen molar-refractivity contribution in [2.75, 3.05) is 19.7 Å². The number of hydrogen-bond donors (Lipinski definition) is 1. The highest BCUT2D eigenvalue weighted by Gasteiger charge is 2.07. The summed E-state index contributed by atoms with van der Waals surface area (Å²) in [7, 11) is 0. The first kappa shape index (κ1) is 7.03. The number of nitrogens with one attached hydrogen (secondary N) is 1. The summed E-state index contributed by atoms with van der Waals surface area (Å²) in [6, 6.07) is 0. The Morgan fingerprint density at radius 3 is 3.44 bits per heavy atom. The molecule has 1 saturated heterocycles. The molecule has 1 N–H and O–H groups in total. The van der Waals surface area contributed by atoms with E-state index in [0.29, 0.717) is 6.10 Å². The van der Waals surface area contributed by atoms with Crippen LogP contribution in [0.2, 0.25) is 0 Å². The van der Waals surface area contributed by atoms with Gasteiger partial charge in [-0.05, 0) is 19.4 Å². The Kier molecular flexibility index (Phi) is 3.01. The molecule has 2 heteroatoms. The van der Waals surface area contributed by atoms with Crippen molar-refractivity contribution in [2.24, 2.45) is 0 Å². The van der Waals surface area contributed by atoms with Gasteiger partial charge >= 0.3 is 0 Å². The van der Waals surface area contributed by atoms with Gasteiger partial charge in [-0.1, -0.05) is 6.92 Å². The van der Waals surface area contributed by atoms with E-state index in [1.54, 1.807) is 0 Å². The summed E-state index contributed by atoms with van der Waals surface area (Å²) in [6.07, 6.45) is 2.76. The SMILES string of the molecule is CCC1CNCCCO1.[HH]. The molecule has 1 rings (SSSR count). The van der Waals surface area contributed by atoms with E-state index in [1.807, 2.05) is 0 Å². The molecule has 0 bridgehead atoms. The van der Waals surface area contributed by atoms with Crippen molar-refractivity contribution in [1.82, 2.24) is 5.32 Å². The molecule has 56 valence electrons. The molecule has 0 aromatic carbocycles. The zero-order chi connectivity index (χ0) is 6.53. The molecule has 1 fully saturated rings. The fourth-order valence-electron chi connectivity index (χ4n) is 1.03. The Morgan fingerprint density at radius 1 is 1.78 bits per heavy atom. The van der Waals surface area contributed by atoms with Crippen LogP contribution in [0.3, 0.4) is 0 Å². The third kappa shape index (κ3) is 2.33. The maximum atomic E-state index is 5.49. The van der Waals surface area contributed by atoms with Crippen molar-refractivity contribution in [3.63, 3.8) is 0 Å². The van der Waals surface area contributed by atoms with E-state index >= 15 is 0 Å². The van der Waals surface area contributed by atoms with Crippen LogP contribution in [0.1, 0.15) is 21.2 Å². The number of rotatable bonds is 1. The van der Waals surface area contributed by atoms with E-state index in [1.165, 1.54) is 0 Å². The molecular formula is C7H17NO. The van der Waals surface area contributed by atoms with Gasteiger partial charge in [-0.15, -0.1) is 0 Å². The molecule has 0 aliphatic carbocycles. The highest BCUT2D eigenvalue weighted by Crippen LogP contribution is 2.00. The van der Waals surface area contributed by atoms with Gasteiger partial charge in [0.25, 0.3) is 0 Å². The van der Waals surface area contributed by atoms with Crippen LogP contribution in [-0.2, 0) is 4.74 Å². The van der Waals surface area contributed by atoms with Gasteiger partial charge in [0.2, 0.25) is 0 Å². The average Bonchev–Trinajstić information content (AvgIpc) is 2.13. The van der Waals surface area contributed by atoms with Crippen LogP contribution in [-0.4, -0.2) is 25.8 Å². The van der Waals surface area contributed by atoms with Crippen LogP contribution < -0.4 is 5.32 Å². The summed E-state index contributed by atoms with van der Waals surface area (Å²) < 4.78 is 5.49. The number of hydrogen-bond acceptors (Lipinski definition) is 2. The standard InChI is InChI=1S/C7H15NO.H2/c1-2-7-6-8-4-3-5-9-7;/h7-8H,2-6H2,1H3;1H. The van der Waals surface area contributed by atoms with E-state index in [-0.39, 0.29) is 1.43 Å². The Morgan fingerprint density at radius 2 is 2.67 bits per heavy atom. The minimum atomic E-state index is 0. The minimum Gasteiger partial charge on any atom is -0.377 e. The predicted octanol–water partition coefficient (Wildman–Crippen LogP) is 1.02. The molecule has 1 heterocycles. The van der Waals surface area contributed by atoms with Crippen LogP contribution in [0.4, 0.5) is 0 Å². The van der Waals surface area contributed by atoms with Crippen molar-refractivity contribution in [1.29, 1.82) is 0 Å². The second-order valence-electron chi connectivity index (χ2n) is 2.46. The summed E-state index contributed by atoms with van der Waals surface area (Å²) in [6.45, 7) is 5.26. The molecule has 1 atom stereocenters. The molecule has 0 amide bonds. The second kappa shape index (κ2) is 3.85. The smallest absolute Gasteiger partial charge is 0.0696 e. The fourth-order valence-corrected chi connectivity index (χ4v) is 1.03.